The molecule has 0 radical (unpaired) electrons. The number of nitrogens with zero attached hydrogens (tertiary/aromatic N) is 4. The maximum atomic E-state index is 13.4. The summed E-state index contributed by atoms with van der Waals surface area (Å²) in [5.41, 5.74) is 10.0. The molecule has 0 fully saturated rings. The number of ether oxygens (including phenoxy) is 1. The zero-order valence-corrected chi connectivity index (χ0v) is 17.7. The van der Waals surface area contributed by atoms with Crippen molar-refractivity contribution in [3.05, 3.63) is 85.0 Å². The second kappa shape index (κ2) is 9.91. The number of hydrogen-bond acceptors (Lipinski definition) is 6. The molecule has 0 spiro atoms. The van der Waals surface area contributed by atoms with Crippen LogP contribution in [0.5, 0.6) is 0 Å². The molecule has 7 nitrogen and oxygen atoms in total. The summed E-state index contributed by atoms with van der Waals surface area (Å²) in [5.74, 6) is 0.581. The highest BCUT2D eigenvalue weighted by molar-refractivity contribution is 5.81. The van der Waals surface area contributed by atoms with Crippen molar-refractivity contribution >= 4 is 17.0 Å². The molecule has 32 heavy (non-hydrogen) atoms. The Kier molecular flexibility index (Phi) is 6.60. The van der Waals surface area contributed by atoms with Crippen molar-refractivity contribution in [2.75, 3.05) is 12.3 Å². The van der Waals surface area contributed by atoms with Gasteiger partial charge in [0.05, 0.1) is 12.9 Å². The van der Waals surface area contributed by atoms with Crippen LogP contribution in [0.2, 0.25) is 0 Å². The van der Waals surface area contributed by atoms with Gasteiger partial charge in [-0.2, -0.15) is 14.4 Å². The molecule has 0 bridgehead atoms. The third kappa shape index (κ3) is 5.21. The van der Waals surface area contributed by atoms with Gasteiger partial charge in [-0.15, -0.1) is 0 Å². The lowest BCUT2D eigenvalue weighted by Crippen LogP contribution is -2.15. The second-order valence-corrected chi connectivity index (χ2v) is 7.39. The number of anilines is 1. The molecule has 0 amide bonds. The van der Waals surface area contributed by atoms with Crippen LogP contribution in [0.1, 0.15) is 18.4 Å². The summed E-state index contributed by atoms with van der Waals surface area (Å²) < 4.78 is 20.9. The number of benzene rings is 2. The molecule has 0 aliphatic carbocycles. The molecule has 0 unspecified atom stereocenters. The van der Waals surface area contributed by atoms with E-state index in [9.17, 15) is 4.39 Å². The lowest BCUT2D eigenvalue weighted by atomic mass is 10.0. The summed E-state index contributed by atoms with van der Waals surface area (Å²) in [4.78, 5) is 11.4. The van der Waals surface area contributed by atoms with Crippen LogP contribution in [0, 0.1) is 6.08 Å². The third-order valence-electron chi connectivity index (χ3n) is 5.06. The average Bonchev–Trinajstić information content (AvgIpc) is 3.21. The van der Waals surface area contributed by atoms with E-state index in [1.54, 1.807) is 10.9 Å². The van der Waals surface area contributed by atoms with Crippen molar-refractivity contribution in [1.82, 2.24) is 24.8 Å². The fraction of sp³-hybridized carbons (Fsp3) is 0.208. The highest BCUT2D eigenvalue weighted by Gasteiger charge is 2.10. The molecule has 0 aliphatic heterocycles. The van der Waals surface area contributed by atoms with E-state index in [0.29, 0.717) is 36.7 Å². The Morgan fingerprint density at radius 2 is 1.88 bits per heavy atom. The molecular formula is C24H25FN6O. The van der Waals surface area contributed by atoms with E-state index in [4.69, 9.17) is 10.5 Å². The topological polar surface area (TPSA) is 90.9 Å². The van der Waals surface area contributed by atoms with Gasteiger partial charge in [-0.05, 0) is 42.2 Å². The lowest BCUT2D eigenvalue weighted by molar-refractivity contribution is 0.185. The van der Waals surface area contributed by atoms with Gasteiger partial charge < -0.3 is 20.4 Å². The number of nitrogens with one attached hydrogen (secondary N) is 1. The monoisotopic (exact) mass is 432 g/mol. The maximum absolute atomic E-state index is 13.4. The zero-order valence-electron chi connectivity index (χ0n) is 17.7. The van der Waals surface area contributed by atoms with Crippen molar-refractivity contribution in [2.24, 2.45) is 0 Å². The molecule has 8 heteroatoms. The standard InChI is InChI=1S/C24H25FN6O/c1-17(27-15-18-8-7-11-20(14-18)19-9-3-2-4-10-19)32-13-6-5-12-31-16-28-21-22(26)29-24(25)30-23(21)31/h2-4,7-11,14,16,27H,1,5-6,12-13,15H2,(H2,26,29,30). The number of rotatable bonds is 10. The van der Waals surface area contributed by atoms with Crippen molar-refractivity contribution in [1.29, 1.82) is 0 Å². The molecule has 2 heterocycles. The van der Waals surface area contributed by atoms with Gasteiger partial charge >= 0.3 is 6.08 Å². The normalized spacial score (nSPS) is 10.9. The van der Waals surface area contributed by atoms with Gasteiger partial charge in [0.1, 0.15) is 5.52 Å². The van der Waals surface area contributed by atoms with Crippen LogP contribution in [0.15, 0.2) is 73.4 Å². The van der Waals surface area contributed by atoms with E-state index >= 15 is 0 Å². The van der Waals surface area contributed by atoms with E-state index in [2.05, 4.69) is 57.2 Å². The highest BCUT2D eigenvalue weighted by atomic mass is 19.1. The first kappa shape index (κ1) is 21.3. The Bertz CT molecular complexity index is 1210. The van der Waals surface area contributed by atoms with E-state index in [1.165, 1.54) is 11.1 Å². The highest BCUT2D eigenvalue weighted by Crippen LogP contribution is 2.20. The number of halogens is 1. The average molecular weight is 433 g/mol. The van der Waals surface area contributed by atoms with Gasteiger partial charge in [-0.25, -0.2) is 4.98 Å². The molecule has 0 saturated heterocycles. The van der Waals surface area contributed by atoms with E-state index < -0.39 is 6.08 Å². The van der Waals surface area contributed by atoms with Crippen LogP contribution in [0.25, 0.3) is 22.3 Å². The number of hydrogen-bond donors (Lipinski definition) is 2. The molecule has 0 aliphatic rings. The molecule has 4 rings (SSSR count). The predicted octanol–water partition coefficient (Wildman–Crippen LogP) is 4.27. The van der Waals surface area contributed by atoms with Crippen LogP contribution in [-0.4, -0.2) is 26.1 Å². The Morgan fingerprint density at radius 3 is 2.72 bits per heavy atom. The van der Waals surface area contributed by atoms with Crippen molar-refractivity contribution < 1.29 is 9.13 Å². The van der Waals surface area contributed by atoms with Crippen LogP contribution in [-0.2, 0) is 17.8 Å². The minimum atomic E-state index is -0.850. The van der Waals surface area contributed by atoms with E-state index in [0.717, 1.165) is 18.4 Å². The maximum Gasteiger partial charge on any atom is 0.312 e. The van der Waals surface area contributed by atoms with Gasteiger partial charge in [0, 0.05) is 13.1 Å². The Balaban J connectivity index is 1.20. The minimum Gasteiger partial charge on any atom is -0.480 e. The molecule has 0 saturated carbocycles. The molecule has 4 aromatic rings. The number of unbranched alkanes of at least 4 members (excludes halogenated alkanes) is 1. The Morgan fingerprint density at radius 1 is 1.06 bits per heavy atom. The van der Waals surface area contributed by atoms with Gasteiger partial charge in [0.25, 0.3) is 0 Å². The number of nitrogen functional groups attached to an aromatic ring is 1. The van der Waals surface area contributed by atoms with Crippen molar-refractivity contribution in [2.45, 2.75) is 25.9 Å². The number of imidazole rings is 1. The van der Waals surface area contributed by atoms with Crippen LogP contribution in [0.4, 0.5) is 10.2 Å². The Hall–Kier alpha value is -3.94. The molecule has 3 N–H and O–H groups in total. The van der Waals surface area contributed by atoms with Gasteiger partial charge in [0.2, 0.25) is 0 Å². The quantitative estimate of drug-likeness (QED) is 0.221. The van der Waals surface area contributed by atoms with Crippen LogP contribution >= 0.6 is 0 Å². The third-order valence-corrected chi connectivity index (χ3v) is 5.06. The SMILES string of the molecule is C=C(NCc1cccc(-c2ccccc2)c1)OCCCCn1cnc2c(N)nc(F)nc21. The zero-order chi connectivity index (χ0) is 22.3. The fourth-order valence-corrected chi connectivity index (χ4v) is 3.42. The summed E-state index contributed by atoms with van der Waals surface area (Å²) in [7, 11) is 0. The van der Waals surface area contributed by atoms with Gasteiger partial charge in [-0.1, -0.05) is 48.5 Å². The summed E-state index contributed by atoms with van der Waals surface area (Å²) in [5, 5.41) is 3.21. The molecule has 164 valence electrons. The first-order valence-corrected chi connectivity index (χ1v) is 10.4. The lowest BCUT2D eigenvalue weighted by Gasteiger charge is -2.12. The number of fused-ring (bicyclic) bond motifs is 1. The molecular weight excluding hydrogens is 407 g/mol. The Labute approximate surface area is 185 Å². The van der Waals surface area contributed by atoms with Crippen molar-refractivity contribution in [3.8, 4) is 11.1 Å². The molecule has 0 atom stereocenters. The summed E-state index contributed by atoms with van der Waals surface area (Å²) in [6.07, 6.45) is 2.35. The predicted molar refractivity (Wildman–Crippen MR) is 123 cm³/mol. The molecule has 2 aromatic heterocycles. The number of aromatic nitrogens is 4. The summed E-state index contributed by atoms with van der Waals surface area (Å²) >= 11 is 0. The van der Waals surface area contributed by atoms with Crippen LogP contribution in [0.3, 0.4) is 0 Å². The second-order valence-electron chi connectivity index (χ2n) is 7.39. The van der Waals surface area contributed by atoms with Gasteiger partial charge in [-0.3, -0.25) is 0 Å². The van der Waals surface area contributed by atoms with Gasteiger partial charge in [0.15, 0.2) is 17.3 Å². The van der Waals surface area contributed by atoms with Crippen LogP contribution < -0.4 is 11.1 Å². The fourth-order valence-electron chi connectivity index (χ4n) is 3.42. The number of nitrogens with two attached hydrogens (primary N) is 1. The largest absolute Gasteiger partial charge is 0.480 e. The summed E-state index contributed by atoms with van der Waals surface area (Å²) in [6.45, 7) is 5.72. The van der Waals surface area contributed by atoms with Crippen molar-refractivity contribution in [3.63, 3.8) is 0 Å². The first-order chi connectivity index (χ1) is 15.6. The smallest absolute Gasteiger partial charge is 0.312 e. The first-order valence-electron chi connectivity index (χ1n) is 10.4. The summed E-state index contributed by atoms with van der Waals surface area (Å²) in [6, 6.07) is 18.7. The minimum absolute atomic E-state index is 0.0475. The van der Waals surface area contributed by atoms with E-state index in [1.807, 2.05) is 24.3 Å². The van der Waals surface area contributed by atoms with E-state index in [-0.39, 0.29) is 5.82 Å². The number of aryl methyl sites for hydroxylation is 1. The molecule has 2 aromatic carbocycles.